The zero-order valence-electron chi connectivity index (χ0n) is 11.9. The van der Waals surface area contributed by atoms with Gasteiger partial charge in [0.2, 0.25) is 5.95 Å². The van der Waals surface area contributed by atoms with Crippen molar-refractivity contribution in [2.45, 2.75) is 13.3 Å². The van der Waals surface area contributed by atoms with Gasteiger partial charge < -0.3 is 10.2 Å². The molecule has 0 amide bonds. The van der Waals surface area contributed by atoms with Crippen molar-refractivity contribution in [2.24, 2.45) is 0 Å². The van der Waals surface area contributed by atoms with Crippen LogP contribution < -0.4 is 5.32 Å². The topological polar surface area (TPSA) is 33.1 Å². The van der Waals surface area contributed by atoms with Gasteiger partial charge in [-0.3, -0.25) is 4.57 Å². The summed E-state index contributed by atoms with van der Waals surface area (Å²) in [5.74, 6) is 0.919. The summed E-state index contributed by atoms with van der Waals surface area (Å²) in [6.07, 6.45) is 3.16. The fourth-order valence-electron chi connectivity index (χ4n) is 2.00. The number of imidazole rings is 1. The molecule has 0 bridgehead atoms. The van der Waals surface area contributed by atoms with Crippen LogP contribution >= 0.6 is 0 Å². The van der Waals surface area contributed by atoms with Gasteiger partial charge >= 0.3 is 0 Å². The number of rotatable bonds is 6. The summed E-state index contributed by atoms with van der Waals surface area (Å²) in [6.45, 7) is 4.03. The van der Waals surface area contributed by atoms with E-state index in [2.05, 4.69) is 52.2 Å². The first-order valence-electron chi connectivity index (χ1n) is 6.67. The molecular formula is C15H22N4. The molecule has 2 rings (SSSR count). The van der Waals surface area contributed by atoms with E-state index >= 15 is 0 Å². The van der Waals surface area contributed by atoms with E-state index in [9.17, 15) is 0 Å². The van der Waals surface area contributed by atoms with Crippen LogP contribution in [0.25, 0.3) is 5.69 Å². The highest BCUT2D eigenvalue weighted by molar-refractivity contribution is 5.42. The minimum atomic E-state index is 0.919. The van der Waals surface area contributed by atoms with E-state index in [4.69, 9.17) is 0 Å². The molecule has 1 aromatic carbocycles. The minimum absolute atomic E-state index is 0.919. The van der Waals surface area contributed by atoms with Crippen molar-refractivity contribution in [1.82, 2.24) is 14.5 Å². The van der Waals surface area contributed by atoms with E-state index in [1.54, 1.807) is 0 Å². The fraction of sp³-hybridized carbons (Fsp3) is 0.400. The average Bonchev–Trinajstić information content (AvgIpc) is 2.77. The Kier molecular flexibility index (Phi) is 4.58. The molecule has 0 aliphatic carbocycles. The van der Waals surface area contributed by atoms with Crippen LogP contribution in [0.3, 0.4) is 0 Å². The van der Waals surface area contributed by atoms with Gasteiger partial charge in [0, 0.05) is 18.4 Å². The van der Waals surface area contributed by atoms with Crippen LogP contribution in [0.4, 0.5) is 5.95 Å². The van der Waals surface area contributed by atoms with Crippen molar-refractivity contribution in [3.05, 3.63) is 42.2 Å². The molecule has 0 saturated heterocycles. The Morgan fingerprint density at radius 2 is 1.95 bits per heavy atom. The Bertz CT molecular complexity index is 502. The quantitative estimate of drug-likeness (QED) is 0.808. The third-order valence-electron chi connectivity index (χ3n) is 2.93. The second kappa shape index (κ2) is 6.38. The molecule has 0 unspecified atom stereocenters. The lowest BCUT2D eigenvalue weighted by atomic mass is 10.3. The number of nitrogens with zero attached hydrogens (tertiary/aromatic N) is 3. The lowest BCUT2D eigenvalue weighted by Crippen LogP contribution is -2.17. The molecule has 2 aromatic rings. The lowest BCUT2D eigenvalue weighted by molar-refractivity contribution is 0.405. The molecule has 102 valence electrons. The van der Waals surface area contributed by atoms with Gasteiger partial charge in [-0.25, -0.2) is 4.98 Å². The van der Waals surface area contributed by atoms with Gasteiger partial charge in [0.25, 0.3) is 0 Å². The minimum Gasteiger partial charge on any atom is -0.355 e. The normalized spacial score (nSPS) is 10.9. The number of nitrogens with one attached hydrogen (secondary N) is 1. The predicted octanol–water partition coefficient (Wildman–Crippen LogP) is 2.54. The Morgan fingerprint density at radius 1 is 1.21 bits per heavy atom. The first-order valence-corrected chi connectivity index (χ1v) is 6.67. The van der Waals surface area contributed by atoms with Crippen LogP contribution in [-0.2, 0) is 0 Å². The maximum absolute atomic E-state index is 4.54. The average molecular weight is 258 g/mol. The Hall–Kier alpha value is -1.81. The van der Waals surface area contributed by atoms with Crippen molar-refractivity contribution < 1.29 is 0 Å². The van der Waals surface area contributed by atoms with Gasteiger partial charge in [0.05, 0.1) is 5.69 Å². The van der Waals surface area contributed by atoms with E-state index in [1.165, 1.54) is 0 Å². The first kappa shape index (κ1) is 13.6. The van der Waals surface area contributed by atoms with Gasteiger partial charge in [-0.15, -0.1) is 0 Å². The molecule has 1 heterocycles. The van der Waals surface area contributed by atoms with Gasteiger partial charge in [-0.05, 0) is 46.1 Å². The summed E-state index contributed by atoms with van der Waals surface area (Å²) in [6, 6.07) is 10.3. The number of hydrogen-bond donors (Lipinski definition) is 1. The number of benzene rings is 1. The molecule has 1 aromatic heterocycles. The first-order chi connectivity index (χ1) is 9.16. The predicted molar refractivity (Wildman–Crippen MR) is 80.0 cm³/mol. The highest BCUT2D eigenvalue weighted by Gasteiger charge is 2.06. The van der Waals surface area contributed by atoms with Gasteiger partial charge in [0.1, 0.15) is 0 Å². The standard InChI is InChI=1S/C15H22N4/c1-13-12-19(14-8-5-4-6-9-14)15(17-13)16-10-7-11-18(2)3/h4-6,8-9,12H,7,10-11H2,1-3H3,(H,16,17). The van der Waals surface area contributed by atoms with Crippen molar-refractivity contribution in [1.29, 1.82) is 0 Å². The zero-order valence-corrected chi connectivity index (χ0v) is 11.9. The molecule has 0 spiro atoms. The van der Waals surface area contributed by atoms with E-state index in [-0.39, 0.29) is 0 Å². The second-order valence-corrected chi connectivity index (χ2v) is 5.00. The fourth-order valence-corrected chi connectivity index (χ4v) is 2.00. The second-order valence-electron chi connectivity index (χ2n) is 5.00. The number of hydrogen-bond acceptors (Lipinski definition) is 3. The van der Waals surface area contributed by atoms with Gasteiger partial charge in [-0.1, -0.05) is 18.2 Å². The summed E-state index contributed by atoms with van der Waals surface area (Å²) in [5, 5.41) is 3.41. The summed E-state index contributed by atoms with van der Waals surface area (Å²) in [7, 11) is 4.18. The lowest BCUT2D eigenvalue weighted by Gasteiger charge is -2.11. The van der Waals surface area contributed by atoms with Crippen LogP contribution in [0.5, 0.6) is 0 Å². The SMILES string of the molecule is Cc1cn(-c2ccccc2)c(NCCCN(C)C)n1. The van der Waals surface area contributed by atoms with Crippen LogP contribution in [-0.4, -0.2) is 41.6 Å². The van der Waals surface area contributed by atoms with E-state index in [0.717, 1.165) is 36.8 Å². The van der Waals surface area contributed by atoms with Crippen molar-refractivity contribution in [3.63, 3.8) is 0 Å². The Morgan fingerprint density at radius 3 is 2.63 bits per heavy atom. The Labute approximate surface area is 115 Å². The molecule has 0 radical (unpaired) electrons. The van der Waals surface area contributed by atoms with Gasteiger partial charge in [-0.2, -0.15) is 0 Å². The summed E-state index contributed by atoms with van der Waals surface area (Å²) in [5.41, 5.74) is 2.16. The summed E-state index contributed by atoms with van der Waals surface area (Å²) in [4.78, 5) is 6.73. The van der Waals surface area contributed by atoms with Crippen molar-refractivity contribution in [3.8, 4) is 5.69 Å². The zero-order chi connectivity index (χ0) is 13.7. The summed E-state index contributed by atoms with van der Waals surface area (Å²) < 4.78 is 2.10. The molecule has 0 fully saturated rings. The number of aryl methyl sites for hydroxylation is 1. The largest absolute Gasteiger partial charge is 0.355 e. The third kappa shape index (κ3) is 3.83. The molecule has 0 saturated carbocycles. The van der Waals surface area contributed by atoms with Crippen molar-refractivity contribution >= 4 is 5.95 Å². The van der Waals surface area contributed by atoms with Crippen LogP contribution in [0, 0.1) is 6.92 Å². The monoisotopic (exact) mass is 258 g/mol. The number of para-hydroxylation sites is 1. The van der Waals surface area contributed by atoms with E-state index in [1.807, 2.05) is 25.1 Å². The highest BCUT2D eigenvalue weighted by atomic mass is 15.2. The van der Waals surface area contributed by atoms with E-state index in [0.29, 0.717) is 0 Å². The summed E-state index contributed by atoms with van der Waals surface area (Å²) >= 11 is 0. The Balaban J connectivity index is 2.05. The van der Waals surface area contributed by atoms with Crippen LogP contribution in [0.15, 0.2) is 36.5 Å². The maximum Gasteiger partial charge on any atom is 0.207 e. The van der Waals surface area contributed by atoms with Crippen LogP contribution in [0.2, 0.25) is 0 Å². The molecule has 4 nitrogen and oxygen atoms in total. The number of aromatic nitrogens is 2. The molecule has 0 aliphatic rings. The van der Waals surface area contributed by atoms with E-state index < -0.39 is 0 Å². The molecule has 1 N–H and O–H groups in total. The molecule has 0 atom stereocenters. The molecular weight excluding hydrogens is 236 g/mol. The molecule has 0 aliphatic heterocycles. The molecule has 4 heteroatoms. The van der Waals surface area contributed by atoms with Crippen LogP contribution in [0.1, 0.15) is 12.1 Å². The number of anilines is 1. The van der Waals surface area contributed by atoms with Crippen molar-refractivity contribution in [2.75, 3.05) is 32.5 Å². The smallest absolute Gasteiger partial charge is 0.207 e. The third-order valence-corrected chi connectivity index (χ3v) is 2.93. The molecule has 19 heavy (non-hydrogen) atoms. The highest BCUT2D eigenvalue weighted by Crippen LogP contribution is 2.16. The van der Waals surface area contributed by atoms with Gasteiger partial charge in [0.15, 0.2) is 0 Å². The maximum atomic E-state index is 4.54.